The van der Waals surface area contributed by atoms with E-state index in [1.807, 2.05) is 6.07 Å². The third kappa shape index (κ3) is 2.67. The van der Waals surface area contributed by atoms with E-state index >= 15 is 0 Å². The summed E-state index contributed by atoms with van der Waals surface area (Å²) >= 11 is 0. The van der Waals surface area contributed by atoms with E-state index in [1.165, 1.54) is 31.2 Å². The fourth-order valence-electron chi connectivity index (χ4n) is 4.02. The number of fused-ring (bicyclic) bond motifs is 1. The molecule has 1 atom stereocenters. The van der Waals surface area contributed by atoms with Gasteiger partial charge in [0.1, 0.15) is 0 Å². The lowest BCUT2D eigenvalue weighted by Crippen LogP contribution is -2.29. The molecule has 3 aliphatic rings. The maximum Gasteiger partial charge on any atom is 0.231 e. The highest BCUT2D eigenvalue weighted by Gasteiger charge is 2.30. The molecule has 0 spiro atoms. The lowest BCUT2D eigenvalue weighted by atomic mass is 9.98. The van der Waals surface area contributed by atoms with Crippen LogP contribution in [0.1, 0.15) is 50.0 Å². The number of hydrogen-bond acceptors (Lipinski definition) is 3. The van der Waals surface area contributed by atoms with E-state index in [0.29, 0.717) is 24.5 Å². The van der Waals surface area contributed by atoms with Crippen molar-refractivity contribution in [3.05, 3.63) is 23.8 Å². The van der Waals surface area contributed by atoms with Crippen LogP contribution in [0.2, 0.25) is 0 Å². The van der Waals surface area contributed by atoms with Gasteiger partial charge in [0.15, 0.2) is 11.5 Å². The van der Waals surface area contributed by atoms with Crippen LogP contribution in [0.15, 0.2) is 18.2 Å². The predicted molar refractivity (Wildman–Crippen MR) is 83.1 cm³/mol. The molecular weight excluding hydrogens is 278 g/mol. The molecule has 1 aromatic carbocycles. The largest absolute Gasteiger partial charge is 0.454 e. The zero-order valence-corrected chi connectivity index (χ0v) is 12.9. The van der Waals surface area contributed by atoms with Gasteiger partial charge in [-0.1, -0.05) is 18.9 Å². The molecule has 1 unspecified atom stereocenters. The number of ether oxygens (including phenoxy) is 2. The summed E-state index contributed by atoms with van der Waals surface area (Å²) in [4.78, 5) is 14.5. The van der Waals surface area contributed by atoms with Gasteiger partial charge in [0.05, 0.1) is 0 Å². The highest BCUT2D eigenvalue weighted by Crippen LogP contribution is 2.37. The molecule has 4 nitrogen and oxygen atoms in total. The number of benzene rings is 1. The standard InChI is InChI=1S/C18H23NO3/c20-18(9-13-3-1-2-4-13)19-8-7-15(11-19)14-5-6-16-17(10-14)22-12-21-16/h5-6,10,13,15H,1-4,7-9,11-12H2. The Balaban J connectivity index is 1.38. The Morgan fingerprint density at radius 2 is 1.95 bits per heavy atom. The molecule has 2 heterocycles. The summed E-state index contributed by atoms with van der Waals surface area (Å²) in [6.07, 6.45) is 6.90. The molecule has 0 N–H and O–H groups in total. The van der Waals surface area contributed by atoms with Crippen LogP contribution >= 0.6 is 0 Å². The molecule has 0 aromatic heterocycles. The first-order chi connectivity index (χ1) is 10.8. The normalized spacial score (nSPS) is 24.2. The summed E-state index contributed by atoms with van der Waals surface area (Å²) in [7, 11) is 0. The zero-order valence-electron chi connectivity index (χ0n) is 12.9. The highest BCUT2D eigenvalue weighted by molar-refractivity contribution is 5.77. The minimum atomic E-state index is 0.315. The summed E-state index contributed by atoms with van der Waals surface area (Å²) in [5.41, 5.74) is 1.26. The van der Waals surface area contributed by atoms with E-state index in [0.717, 1.165) is 37.4 Å². The Labute approximate surface area is 131 Å². The summed E-state index contributed by atoms with van der Waals surface area (Å²) in [5, 5.41) is 0. The maximum atomic E-state index is 12.4. The second-order valence-electron chi connectivity index (χ2n) is 6.79. The monoisotopic (exact) mass is 301 g/mol. The fraction of sp³-hybridized carbons (Fsp3) is 0.611. The average Bonchev–Trinajstić information content (AvgIpc) is 3.27. The van der Waals surface area contributed by atoms with Crippen molar-refractivity contribution < 1.29 is 14.3 Å². The van der Waals surface area contributed by atoms with Crippen LogP contribution in [0, 0.1) is 5.92 Å². The Bertz CT molecular complexity index is 565. The van der Waals surface area contributed by atoms with Crippen LogP contribution in [0.3, 0.4) is 0 Å². The second-order valence-corrected chi connectivity index (χ2v) is 6.79. The molecule has 1 aromatic rings. The van der Waals surface area contributed by atoms with Gasteiger partial charge in [0.2, 0.25) is 12.7 Å². The number of carbonyl (C=O) groups excluding carboxylic acids is 1. The van der Waals surface area contributed by atoms with E-state index < -0.39 is 0 Å². The zero-order chi connectivity index (χ0) is 14.9. The Morgan fingerprint density at radius 3 is 2.82 bits per heavy atom. The van der Waals surface area contributed by atoms with Crippen molar-refractivity contribution in [1.29, 1.82) is 0 Å². The third-order valence-electron chi connectivity index (χ3n) is 5.35. The number of amides is 1. The first-order valence-corrected chi connectivity index (χ1v) is 8.47. The van der Waals surface area contributed by atoms with Crippen LogP contribution < -0.4 is 9.47 Å². The quantitative estimate of drug-likeness (QED) is 0.859. The molecule has 1 saturated heterocycles. The molecule has 4 rings (SSSR count). The highest BCUT2D eigenvalue weighted by atomic mass is 16.7. The lowest BCUT2D eigenvalue weighted by molar-refractivity contribution is -0.131. The predicted octanol–water partition coefficient (Wildman–Crippen LogP) is 3.31. The molecule has 1 saturated carbocycles. The molecule has 0 bridgehead atoms. The van der Waals surface area contributed by atoms with Crippen molar-refractivity contribution >= 4 is 5.91 Å². The van der Waals surface area contributed by atoms with Gasteiger partial charge in [-0.15, -0.1) is 0 Å². The van der Waals surface area contributed by atoms with Gasteiger partial charge in [-0.2, -0.15) is 0 Å². The van der Waals surface area contributed by atoms with E-state index in [9.17, 15) is 4.79 Å². The number of carbonyl (C=O) groups is 1. The van der Waals surface area contributed by atoms with Gasteiger partial charge in [-0.3, -0.25) is 4.79 Å². The first kappa shape index (κ1) is 13.9. The Hall–Kier alpha value is -1.71. The van der Waals surface area contributed by atoms with E-state index in [4.69, 9.17) is 9.47 Å². The Kier molecular flexibility index (Phi) is 3.68. The molecule has 118 valence electrons. The topological polar surface area (TPSA) is 38.8 Å². The van der Waals surface area contributed by atoms with Gasteiger partial charge >= 0.3 is 0 Å². The number of nitrogens with zero attached hydrogens (tertiary/aromatic N) is 1. The van der Waals surface area contributed by atoms with Crippen molar-refractivity contribution in [2.75, 3.05) is 19.9 Å². The van der Waals surface area contributed by atoms with Gasteiger partial charge in [0, 0.05) is 25.4 Å². The smallest absolute Gasteiger partial charge is 0.231 e. The van der Waals surface area contributed by atoms with Crippen LogP contribution in [-0.4, -0.2) is 30.7 Å². The van der Waals surface area contributed by atoms with Crippen LogP contribution in [0.4, 0.5) is 0 Å². The molecular formula is C18H23NO3. The van der Waals surface area contributed by atoms with E-state index in [-0.39, 0.29) is 0 Å². The number of likely N-dealkylation sites (tertiary alicyclic amines) is 1. The third-order valence-corrected chi connectivity index (χ3v) is 5.35. The molecule has 0 radical (unpaired) electrons. The molecule has 22 heavy (non-hydrogen) atoms. The second kappa shape index (κ2) is 5.82. The van der Waals surface area contributed by atoms with Crippen LogP contribution in [0.25, 0.3) is 0 Å². The Morgan fingerprint density at radius 1 is 1.14 bits per heavy atom. The summed E-state index contributed by atoms with van der Waals surface area (Å²) in [5.74, 6) is 3.10. The van der Waals surface area contributed by atoms with Gasteiger partial charge in [-0.05, 0) is 42.9 Å². The molecule has 1 aliphatic carbocycles. The van der Waals surface area contributed by atoms with Crippen molar-refractivity contribution in [2.45, 2.75) is 44.4 Å². The molecule has 2 aliphatic heterocycles. The van der Waals surface area contributed by atoms with Crippen LogP contribution in [0.5, 0.6) is 11.5 Å². The number of hydrogen-bond donors (Lipinski definition) is 0. The number of rotatable bonds is 3. The minimum absolute atomic E-state index is 0.315. The molecule has 2 fully saturated rings. The molecule has 4 heteroatoms. The van der Waals surface area contributed by atoms with Crippen molar-refractivity contribution in [2.24, 2.45) is 5.92 Å². The van der Waals surface area contributed by atoms with Gasteiger partial charge in [0.25, 0.3) is 0 Å². The van der Waals surface area contributed by atoms with Crippen molar-refractivity contribution in [3.8, 4) is 11.5 Å². The van der Waals surface area contributed by atoms with Crippen molar-refractivity contribution in [1.82, 2.24) is 4.90 Å². The lowest BCUT2D eigenvalue weighted by Gasteiger charge is -2.19. The maximum absolute atomic E-state index is 12.4. The van der Waals surface area contributed by atoms with Gasteiger partial charge in [-0.25, -0.2) is 0 Å². The van der Waals surface area contributed by atoms with Crippen molar-refractivity contribution in [3.63, 3.8) is 0 Å². The molecule has 1 amide bonds. The average molecular weight is 301 g/mol. The van der Waals surface area contributed by atoms with Crippen LogP contribution in [-0.2, 0) is 4.79 Å². The van der Waals surface area contributed by atoms with E-state index in [2.05, 4.69) is 17.0 Å². The summed E-state index contributed by atoms with van der Waals surface area (Å²) in [6.45, 7) is 2.06. The summed E-state index contributed by atoms with van der Waals surface area (Å²) < 4.78 is 10.8. The van der Waals surface area contributed by atoms with Gasteiger partial charge < -0.3 is 14.4 Å². The fourth-order valence-corrected chi connectivity index (χ4v) is 4.02. The SMILES string of the molecule is O=C(CC1CCCC1)N1CCC(c2ccc3c(c2)OCO3)C1. The minimum Gasteiger partial charge on any atom is -0.454 e. The summed E-state index contributed by atoms with van der Waals surface area (Å²) in [6, 6.07) is 6.18. The first-order valence-electron chi connectivity index (χ1n) is 8.47. The van der Waals surface area contributed by atoms with E-state index in [1.54, 1.807) is 0 Å².